The first-order valence-electron chi connectivity index (χ1n) is 8.63. The van der Waals surface area contributed by atoms with Crippen molar-refractivity contribution in [3.8, 4) is 0 Å². The summed E-state index contributed by atoms with van der Waals surface area (Å²) in [6.45, 7) is 10.3. The van der Waals surface area contributed by atoms with E-state index >= 15 is 0 Å². The van der Waals surface area contributed by atoms with Gasteiger partial charge in [-0.1, -0.05) is 11.6 Å². The lowest BCUT2D eigenvalue weighted by Crippen LogP contribution is -2.44. The molecule has 1 atom stereocenters. The number of halogens is 2. The Kier molecular flexibility index (Phi) is 10.1. The second-order valence-corrected chi connectivity index (χ2v) is 6.75. The molecule has 6 nitrogen and oxygen atoms in total. The highest BCUT2D eigenvalue weighted by Crippen LogP contribution is 2.14. The third-order valence-corrected chi connectivity index (χ3v) is 4.55. The van der Waals surface area contributed by atoms with Crippen LogP contribution in [0.5, 0.6) is 0 Å². The van der Waals surface area contributed by atoms with Crippen LogP contribution in [0.3, 0.4) is 0 Å². The minimum atomic E-state index is 0. The van der Waals surface area contributed by atoms with Gasteiger partial charge in [-0.25, -0.2) is 0 Å². The molecule has 8 heteroatoms. The first kappa shape index (κ1) is 22.5. The standard InChI is InChI=1S/C17H30ClN5O.HI/c1-5-19-17(20-11-14(2)23-6-8-24-9-7-23)22(4)13-16-10-15(18)12-21(16)3;/h10,12,14H,5-9,11,13H2,1-4H3,(H,19,20);1H. The highest BCUT2D eigenvalue weighted by Gasteiger charge is 2.17. The first-order chi connectivity index (χ1) is 11.5. The number of hydrogen-bond donors (Lipinski definition) is 1. The Labute approximate surface area is 173 Å². The molecule has 1 fully saturated rings. The number of aromatic nitrogens is 1. The number of aliphatic imine (C=N–C) groups is 1. The molecule has 0 saturated carbocycles. The van der Waals surface area contributed by atoms with Crippen molar-refractivity contribution in [1.29, 1.82) is 0 Å². The summed E-state index contributed by atoms with van der Waals surface area (Å²) in [5.41, 5.74) is 1.16. The topological polar surface area (TPSA) is 45.0 Å². The van der Waals surface area contributed by atoms with Crippen LogP contribution in [0.2, 0.25) is 5.02 Å². The fraction of sp³-hybridized carbons (Fsp3) is 0.706. The molecule has 0 aromatic carbocycles. The van der Waals surface area contributed by atoms with Gasteiger partial charge in [0.15, 0.2) is 5.96 Å². The largest absolute Gasteiger partial charge is 0.379 e. The van der Waals surface area contributed by atoms with Crippen LogP contribution in [0.4, 0.5) is 0 Å². The molecule has 1 unspecified atom stereocenters. The lowest BCUT2D eigenvalue weighted by atomic mass is 10.2. The summed E-state index contributed by atoms with van der Waals surface area (Å²) in [6, 6.07) is 2.42. The molecule has 1 aliphatic rings. The predicted molar refractivity (Wildman–Crippen MR) is 115 cm³/mol. The minimum absolute atomic E-state index is 0. The van der Waals surface area contributed by atoms with Crippen LogP contribution in [0, 0.1) is 0 Å². The number of aryl methyl sites for hydroxylation is 1. The van der Waals surface area contributed by atoms with E-state index in [0.29, 0.717) is 6.04 Å². The molecule has 1 N–H and O–H groups in total. The lowest BCUT2D eigenvalue weighted by molar-refractivity contribution is 0.0220. The summed E-state index contributed by atoms with van der Waals surface area (Å²) in [7, 11) is 4.07. The highest BCUT2D eigenvalue weighted by molar-refractivity contribution is 14.0. The van der Waals surface area contributed by atoms with E-state index in [4.69, 9.17) is 21.3 Å². The Morgan fingerprint density at radius 1 is 1.44 bits per heavy atom. The summed E-state index contributed by atoms with van der Waals surface area (Å²) >= 11 is 6.08. The van der Waals surface area contributed by atoms with Gasteiger partial charge in [-0.2, -0.15) is 0 Å². The van der Waals surface area contributed by atoms with Gasteiger partial charge in [0, 0.05) is 51.7 Å². The van der Waals surface area contributed by atoms with Crippen molar-refractivity contribution in [2.75, 3.05) is 46.4 Å². The van der Waals surface area contributed by atoms with E-state index in [0.717, 1.165) is 62.6 Å². The van der Waals surface area contributed by atoms with Gasteiger partial charge in [-0.05, 0) is 19.9 Å². The Hall–Kier alpha value is -0.510. The number of rotatable bonds is 6. The van der Waals surface area contributed by atoms with E-state index in [-0.39, 0.29) is 24.0 Å². The van der Waals surface area contributed by atoms with Crippen LogP contribution >= 0.6 is 35.6 Å². The van der Waals surface area contributed by atoms with E-state index in [1.807, 2.05) is 19.3 Å². The van der Waals surface area contributed by atoms with Gasteiger partial charge in [0.1, 0.15) is 0 Å². The third kappa shape index (κ3) is 6.96. The van der Waals surface area contributed by atoms with Crippen LogP contribution in [-0.2, 0) is 18.3 Å². The van der Waals surface area contributed by atoms with Gasteiger partial charge >= 0.3 is 0 Å². The monoisotopic (exact) mass is 483 g/mol. The molecular formula is C17H31ClIN5O. The number of nitrogens with zero attached hydrogens (tertiary/aromatic N) is 4. The second kappa shape index (κ2) is 11.3. The Morgan fingerprint density at radius 2 is 2.12 bits per heavy atom. The molecule has 1 aromatic heterocycles. The van der Waals surface area contributed by atoms with Crippen molar-refractivity contribution < 1.29 is 4.74 Å². The number of hydrogen-bond acceptors (Lipinski definition) is 3. The van der Waals surface area contributed by atoms with Crippen LogP contribution in [0.15, 0.2) is 17.3 Å². The number of ether oxygens (including phenoxy) is 1. The zero-order valence-corrected chi connectivity index (χ0v) is 18.8. The van der Waals surface area contributed by atoms with E-state index in [9.17, 15) is 0 Å². The molecule has 0 amide bonds. The number of guanidine groups is 1. The molecule has 0 aliphatic carbocycles. The molecule has 144 valence electrons. The predicted octanol–water partition coefficient (Wildman–Crippen LogP) is 2.41. The van der Waals surface area contributed by atoms with E-state index < -0.39 is 0 Å². The number of nitrogens with one attached hydrogen (secondary N) is 1. The van der Waals surface area contributed by atoms with Gasteiger partial charge < -0.3 is 19.5 Å². The van der Waals surface area contributed by atoms with Crippen molar-refractivity contribution in [3.05, 3.63) is 23.0 Å². The fourth-order valence-corrected chi connectivity index (χ4v) is 3.14. The average molecular weight is 484 g/mol. The first-order valence-corrected chi connectivity index (χ1v) is 9.01. The second-order valence-electron chi connectivity index (χ2n) is 6.31. The van der Waals surface area contributed by atoms with Crippen LogP contribution in [0.25, 0.3) is 0 Å². The molecular weight excluding hydrogens is 453 g/mol. The average Bonchev–Trinajstić information content (AvgIpc) is 2.89. The van der Waals surface area contributed by atoms with Gasteiger partial charge in [0.25, 0.3) is 0 Å². The van der Waals surface area contributed by atoms with Crippen molar-refractivity contribution in [1.82, 2.24) is 19.7 Å². The molecule has 2 heterocycles. The maximum absolute atomic E-state index is 6.08. The van der Waals surface area contributed by atoms with Crippen LogP contribution in [0.1, 0.15) is 19.5 Å². The molecule has 0 spiro atoms. The minimum Gasteiger partial charge on any atom is -0.379 e. The summed E-state index contributed by atoms with van der Waals surface area (Å²) in [6.07, 6.45) is 1.93. The van der Waals surface area contributed by atoms with Gasteiger partial charge in [0.2, 0.25) is 0 Å². The van der Waals surface area contributed by atoms with Gasteiger partial charge in [0.05, 0.1) is 31.3 Å². The summed E-state index contributed by atoms with van der Waals surface area (Å²) in [5, 5.41) is 4.15. The van der Waals surface area contributed by atoms with Gasteiger partial charge in [-0.3, -0.25) is 9.89 Å². The quantitative estimate of drug-likeness (QED) is 0.383. The van der Waals surface area contributed by atoms with Crippen molar-refractivity contribution in [2.45, 2.75) is 26.4 Å². The Morgan fingerprint density at radius 3 is 2.68 bits per heavy atom. The zero-order chi connectivity index (χ0) is 17.5. The Bertz CT molecular complexity index is 545. The summed E-state index contributed by atoms with van der Waals surface area (Å²) in [5.74, 6) is 0.926. The highest BCUT2D eigenvalue weighted by atomic mass is 127. The molecule has 1 aromatic rings. The molecule has 2 rings (SSSR count). The Balaban J connectivity index is 0.00000312. The summed E-state index contributed by atoms with van der Waals surface area (Å²) in [4.78, 5) is 9.41. The normalized spacial score (nSPS) is 17.1. The van der Waals surface area contributed by atoms with Crippen LogP contribution < -0.4 is 5.32 Å². The van der Waals surface area contributed by atoms with E-state index in [1.165, 1.54) is 0 Å². The van der Waals surface area contributed by atoms with E-state index in [1.54, 1.807) is 0 Å². The molecule has 1 saturated heterocycles. The van der Waals surface area contributed by atoms with Crippen LogP contribution in [-0.4, -0.2) is 72.8 Å². The van der Waals surface area contributed by atoms with Crippen molar-refractivity contribution in [2.24, 2.45) is 12.0 Å². The van der Waals surface area contributed by atoms with Gasteiger partial charge in [-0.15, -0.1) is 24.0 Å². The molecule has 25 heavy (non-hydrogen) atoms. The summed E-state index contributed by atoms with van der Waals surface area (Å²) < 4.78 is 7.47. The molecule has 0 bridgehead atoms. The van der Waals surface area contributed by atoms with Crippen molar-refractivity contribution >= 4 is 41.5 Å². The number of morpholine rings is 1. The fourth-order valence-electron chi connectivity index (χ4n) is 2.86. The lowest BCUT2D eigenvalue weighted by Gasteiger charge is -2.32. The van der Waals surface area contributed by atoms with E-state index in [2.05, 4.69) is 40.6 Å². The zero-order valence-electron chi connectivity index (χ0n) is 15.7. The maximum atomic E-state index is 6.08. The third-order valence-electron chi connectivity index (χ3n) is 4.34. The maximum Gasteiger partial charge on any atom is 0.194 e. The van der Waals surface area contributed by atoms with Crippen molar-refractivity contribution in [3.63, 3.8) is 0 Å². The SMILES string of the molecule is CCNC(=NCC(C)N1CCOCC1)N(C)Cc1cc(Cl)cn1C.I. The smallest absolute Gasteiger partial charge is 0.194 e. The molecule has 1 aliphatic heterocycles. The molecule has 0 radical (unpaired) electrons.